The van der Waals surface area contributed by atoms with Gasteiger partial charge in [0.15, 0.2) is 17.0 Å². The van der Waals surface area contributed by atoms with Crippen molar-refractivity contribution < 1.29 is 5.11 Å². The number of anilines is 1. The van der Waals surface area contributed by atoms with E-state index in [1.165, 1.54) is 0 Å². The molecule has 120 valence electrons. The van der Waals surface area contributed by atoms with Crippen LogP contribution in [0.2, 0.25) is 0 Å². The van der Waals surface area contributed by atoms with Crippen molar-refractivity contribution in [3.63, 3.8) is 0 Å². The largest absolute Gasteiger partial charge is 0.391 e. The number of hydrogen-bond donors (Lipinski definition) is 1. The van der Waals surface area contributed by atoms with Crippen LogP contribution in [0, 0.1) is 0 Å². The van der Waals surface area contributed by atoms with Gasteiger partial charge in [0.25, 0.3) is 0 Å². The number of rotatable bonds is 3. The van der Waals surface area contributed by atoms with Gasteiger partial charge in [0, 0.05) is 25.0 Å². The van der Waals surface area contributed by atoms with Gasteiger partial charge in [-0.15, -0.1) is 0 Å². The highest BCUT2D eigenvalue weighted by Crippen LogP contribution is 2.29. The molecule has 1 fully saturated rings. The van der Waals surface area contributed by atoms with Gasteiger partial charge in [0.05, 0.1) is 12.4 Å². The molecule has 0 spiro atoms. The quantitative estimate of drug-likeness (QED) is 0.940. The molecular weight excluding hydrogens is 278 g/mol. The molecule has 22 heavy (non-hydrogen) atoms. The number of aliphatic hydroxyl groups excluding tert-OH is 1. The molecular formula is C16H25N5O. The predicted octanol–water partition coefficient (Wildman–Crippen LogP) is 2.10. The van der Waals surface area contributed by atoms with Gasteiger partial charge in [-0.05, 0) is 12.8 Å². The second-order valence-corrected chi connectivity index (χ2v) is 7.12. The van der Waals surface area contributed by atoms with Crippen LogP contribution in [0.15, 0.2) is 6.33 Å². The maximum atomic E-state index is 9.84. The fourth-order valence-corrected chi connectivity index (χ4v) is 2.82. The van der Waals surface area contributed by atoms with E-state index in [0.717, 1.165) is 48.7 Å². The minimum Gasteiger partial charge on any atom is -0.391 e. The van der Waals surface area contributed by atoms with Crippen molar-refractivity contribution in [2.45, 2.75) is 58.6 Å². The van der Waals surface area contributed by atoms with Crippen molar-refractivity contribution in [1.82, 2.24) is 19.5 Å². The Bertz CT molecular complexity index is 673. The highest BCUT2D eigenvalue weighted by Gasteiger charge is 2.28. The SMILES string of the molecule is CCCn1cnc2c(N3CCC(O)C3)nc(C(C)(C)C)nc21. The summed E-state index contributed by atoms with van der Waals surface area (Å²) in [4.78, 5) is 16.2. The summed E-state index contributed by atoms with van der Waals surface area (Å²) < 4.78 is 2.10. The van der Waals surface area contributed by atoms with Gasteiger partial charge in [-0.25, -0.2) is 15.0 Å². The first-order valence-electron chi connectivity index (χ1n) is 8.06. The highest BCUT2D eigenvalue weighted by atomic mass is 16.3. The van der Waals surface area contributed by atoms with Crippen molar-refractivity contribution in [1.29, 1.82) is 0 Å². The summed E-state index contributed by atoms with van der Waals surface area (Å²) >= 11 is 0. The van der Waals surface area contributed by atoms with Gasteiger partial charge >= 0.3 is 0 Å². The molecule has 6 heteroatoms. The number of aryl methyl sites for hydroxylation is 1. The van der Waals surface area contributed by atoms with E-state index < -0.39 is 0 Å². The number of aromatic nitrogens is 4. The Morgan fingerprint density at radius 1 is 1.32 bits per heavy atom. The van der Waals surface area contributed by atoms with E-state index in [9.17, 15) is 5.11 Å². The molecule has 1 aliphatic rings. The van der Waals surface area contributed by atoms with Crippen LogP contribution in [0.25, 0.3) is 11.2 Å². The second-order valence-electron chi connectivity index (χ2n) is 7.12. The number of hydrogen-bond acceptors (Lipinski definition) is 5. The van der Waals surface area contributed by atoms with Crippen LogP contribution in [0.3, 0.4) is 0 Å². The Morgan fingerprint density at radius 2 is 2.09 bits per heavy atom. The summed E-state index contributed by atoms with van der Waals surface area (Å²) in [6.07, 6.45) is 3.40. The lowest BCUT2D eigenvalue weighted by molar-refractivity contribution is 0.198. The molecule has 1 saturated heterocycles. The summed E-state index contributed by atoms with van der Waals surface area (Å²) in [5.41, 5.74) is 1.62. The van der Waals surface area contributed by atoms with Crippen molar-refractivity contribution in [2.24, 2.45) is 0 Å². The topological polar surface area (TPSA) is 67.1 Å². The highest BCUT2D eigenvalue weighted by molar-refractivity contribution is 5.84. The van der Waals surface area contributed by atoms with Crippen molar-refractivity contribution in [3.8, 4) is 0 Å². The standard InChI is InChI=1S/C16H25N5O/c1-5-7-21-10-17-12-13(20-8-6-11(22)9-20)18-15(16(2,3)4)19-14(12)21/h10-11,22H,5-9H2,1-4H3. The van der Waals surface area contributed by atoms with Crippen LogP contribution in [0.4, 0.5) is 5.82 Å². The van der Waals surface area contributed by atoms with E-state index in [0.29, 0.717) is 6.54 Å². The fraction of sp³-hybridized carbons (Fsp3) is 0.688. The van der Waals surface area contributed by atoms with Crippen molar-refractivity contribution in [3.05, 3.63) is 12.2 Å². The van der Waals surface area contributed by atoms with Crippen LogP contribution >= 0.6 is 0 Å². The molecule has 1 aliphatic heterocycles. The molecule has 2 aromatic rings. The smallest absolute Gasteiger partial charge is 0.165 e. The number of nitrogens with zero attached hydrogens (tertiary/aromatic N) is 5. The van der Waals surface area contributed by atoms with Crippen LogP contribution in [-0.4, -0.2) is 43.8 Å². The van der Waals surface area contributed by atoms with E-state index in [4.69, 9.17) is 9.97 Å². The molecule has 0 radical (unpaired) electrons. The summed E-state index contributed by atoms with van der Waals surface area (Å²) in [6, 6.07) is 0. The minimum atomic E-state index is -0.277. The van der Waals surface area contributed by atoms with Crippen LogP contribution in [0.5, 0.6) is 0 Å². The van der Waals surface area contributed by atoms with Crippen LogP contribution in [-0.2, 0) is 12.0 Å². The average Bonchev–Trinajstić information content (AvgIpc) is 3.04. The molecule has 1 N–H and O–H groups in total. The molecule has 0 amide bonds. The molecule has 3 rings (SSSR count). The van der Waals surface area contributed by atoms with Gasteiger partial charge in [0.1, 0.15) is 5.82 Å². The van der Waals surface area contributed by atoms with Gasteiger partial charge in [0.2, 0.25) is 0 Å². The molecule has 1 atom stereocenters. The van der Waals surface area contributed by atoms with E-state index in [2.05, 4.69) is 42.1 Å². The third kappa shape index (κ3) is 2.67. The summed E-state index contributed by atoms with van der Waals surface area (Å²) in [5, 5.41) is 9.84. The van der Waals surface area contributed by atoms with Gasteiger partial charge < -0.3 is 14.6 Å². The Labute approximate surface area is 131 Å². The van der Waals surface area contributed by atoms with Crippen molar-refractivity contribution in [2.75, 3.05) is 18.0 Å². The molecule has 1 unspecified atom stereocenters. The zero-order valence-corrected chi connectivity index (χ0v) is 13.9. The second kappa shape index (κ2) is 5.50. The van der Waals surface area contributed by atoms with E-state index in [1.807, 2.05) is 6.33 Å². The lowest BCUT2D eigenvalue weighted by atomic mass is 9.96. The molecule has 0 aromatic carbocycles. The number of aliphatic hydroxyl groups is 1. The van der Waals surface area contributed by atoms with E-state index >= 15 is 0 Å². The lowest BCUT2D eigenvalue weighted by Crippen LogP contribution is -2.25. The molecule has 0 aliphatic carbocycles. The number of imidazole rings is 1. The average molecular weight is 303 g/mol. The van der Waals surface area contributed by atoms with E-state index in [-0.39, 0.29) is 11.5 Å². The molecule has 6 nitrogen and oxygen atoms in total. The third-order valence-corrected chi connectivity index (χ3v) is 4.04. The number of β-amino-alcohol motifs (C(OH)–C–C–N with tert-alkyl or cyclic N) is 1. The van der Waals surface area contributed by atoms with Gasteiger partial charge in [-0.3, -0.25) is 0 Å². The monoisotopic (exact) mass is 303 g/mol. The summed E-state index contributed by atoms with van der Waals surface area (Å²) in [5.74, 6) is 1.69. The summed E-state index contributed by atoms with van der Waals surface area (Å²) in [6.45, 7) is 10.9. The minimum absolute atomic E-state index is 0.122. The van der Waals surface area contributed by atoms with E-state index in [1.54, 1.807) is 0 Å². The lowest BCUT2D eigenvalue weighted by Gasteiger charge is -2.22. The Hall–Kier alpha value is -1.69. The Morgan fingerprint density at radius 3 is 2.68 bits per heavy atom. The molecule has 3 heterocycles. The zero-order valence-electron chi connectivity index (χ0n) is 13.9. The fourth-order valence-electron chi connectivity index (χ4n) is 2.82. The Balaban J connectivity index is 2.16. The predicted molar refractivity (Wildman–Crippen MR) is 87.2 cm³/mol. The molecule has 0 bridgehead atoms. The first-order valence-corrected chi connectivity index (χ1v) is 8.06. The first kappa shape index (κ1) is 15.2. The summed E-state index contributed by atoms with van der Waals surface area (Å²) in [7, 11) is 0. The van der Waals surface area contributed by atoms with Crippen molar-refractivity contribution >= 4 is 17.0 Å². The van der Waals surface area contributed by atoms with Gasteiger partial charge in [-0.2, -0.15) is 0 Å². The van der Waals surface area contributed by atoms with Crippen LogP contribution < -0.4 is 4.90 Å². The Kier molecular flexibility index (Phi) is 3.80. The maximum absolute atomic E-state index is 9.84. The van der Waals surface area contributed by atoms with Crippen LogP contribution in [0.1, 0.15) is 46.4 Å². The maximum Gasteiger partial charge on any atom is 0.165 e. The normalized spacial score (nSPS) is 19.3. The third-order valence-electron chi connectivity index (χ3n) is 4.04. The molecule has 2 aromatic heterocycles. The van der Waals surface area contributed by atoms with Gasteiger partial charge in [-0.1, -0.05) is 27.7 Å². The number of fused-ring (bicyclic) bond motifs is 1. The molecule has 0 saturated carbocycles. The zero-order chi connectivity index (χ0) is 15.9. The first-order chi connectivity index (χ1) is 10.4.